The van der Waals surface area contributed by atoms with Gasteiger partial charge in [0, 0.05) is 5.69 Å². The number of para-hydroxylation sites is 1. The third-order valence-corrected chi connectivity index (χ3v) is 5.31. The molecule has 0 aliphatic carbocycles. The molecule has 2 rings (SSSR count). The zero-order valence-corrected chi connectivity index (χ0v) is 16.9. The molecule has 0 aliphatic heterocycles. The van der Waals surface area contributed by atoms with Crippen LogP contribution < -0.4 is 10.9 Å². The van der Waals surface area contributed by atoms with Gasteiger partial charge in [0.15, 0.2) is 5.16 Å². The van der Waals surface area contributed by atoms with Crippen molar-refractivity contribution in [1.82, 2.24) is 9.97 Å². The number of aryl methyl sites for hydroxylation is 3. The molecule has 1 heterocycles. The first-order valence-corrected chi connectivity index (χ1v) is 9.94. The number of hydrogen-bond donors (Lipinski definition) is 2. The van der Waals surface area contributed by atoms with E-state index in [9.17, 15) is 9.59 Å². The van der Waals surface area contributed by atoms with Crippen LogP contribution in [0.2, 0.25) is 0 Å². The number of aromatic amines is 1. The molecule has 0 unspecified atom stereocenters. The minimum Gasteiger partial charge on any atom is -0.325 e. The molecule has 1 amide bonds. The SMILES string of the molecule is CCc1cccc(CC)c1NC(=O)[C@H](C)Sc1nc(CC)c(C#N)c(=O)[nH]1. The van der Waals surface area contributed by atoms with E-state index in [2.05, 4.69) is 29.1 Å². The van der Waals surface area contributed by atoms with Gasteiger partial charge in [-0.2, -0.15) is 5.26 Å². The molecule has 0 aliphatic rings. The fraction of sp³-hybridized carbons (Fsp3) is 0.400. The highest BCUT2D eigenvalue weighted by Gasteiger charge is 2.19. The van der Waals surface area contributed by atoms with Crippen LogP contribution in [-0.4, -0.2) is 21.1 Å². The third kappa shape index (κ3) is 4.77. The lowest BCUT2D eigenvalue weighted by Gasteiger charge is -2.17. The number of nitriles is 1. The summed E-state index contributed by atoms with van der Waals surface area (Å²) >= 11 is 1.17. The molecular weight excluding hydrogens is 360 g/mol. The Bertz CT molecular complexity index is 908. The fourth-order valence-electron chi connectivity index (χ4n) is 2.77. The molecule has 1 aromatic carbocycles. The Morgan fingerprint density at radius 1 is 1.26 bits per heavy atom. The minimum absolute atomic E-state index is 0.0309. The molecule has 0 saturated heterocycles. The van der Waals surface area contributed by atoms with Crippen LogP contribution in [0, 0.1) is 11.3 Å². The number of amides is 1. The number of nitrogens with one attached hydrogen (secondary N) is 2. The van der Waals surface area contributed by atoms with Gasteiger partial charge in [-0.1, -0.05) is 50.7 Å². The summed E-state index contributed by atoms with van der Waals surface area (Å²) in [6.45, 7) is 7.71. The molecule has 6 nitrogen and oxygen atoms in total. The first-order valence-electron chi connectivity index (χ1n) is 9.06. The Balaban J connectivity index is 2.22. The Kier molecular flexibility index (Phi) is 7.19. The molecule has 0 fully saturated rings. The van der Waals surface area contributed by atoms with Crippen LogP contribution in [-0.2, 0) is 24.1 Å². The van der Waals surface area contributed by atoms with Gasteiger partial charge < -0.3 is 10.3 Å². The maximum Gasteiger partial charge on any atom is 0.269 e. The molecule has 27 heavy (non-hydrogen) atoms. The van der Waals surface area contributed by atoms with Crippen LogP contribution in [0.25, 0.3) is 0 Å². The van der Waals surface area contributed by atoms with Crippen molar-refractivity contribution in [2.45, 2.75) is 57.4 Å². The summed E-state index contributed by atoms with van der Waals surface area (Å²) in [5.74, 6) is -0.152. The summed E-state index contributed by atoms with van der Waals surface area (Å²) in [5, 5.41) is 12.0. The van der Waals surface area contributed by atoms with Crippen molar-refractivity contribution in [2.24, 2.45) is 0 Å². The Morgan fingerprint density at radius 2 is 1.89 bits per heavy atom. The van der Waals surface area contributed by atoms with E-state index in [1.165, 1.54) is 11.8 Å². The van der Waals surface area contributed by atoms with E-state index < -0.39 is 10.8 Å². The van der Waals surface area contributed by atoms with E-state index >= 15 is 0 Å². The molecule has 2 N–H and O–H groups in total. The van der Waals surface area contributed by atoms with Crippen molar-refractivity contribution in [3.63, 3.8) is 0 Å². The van der Waals surface area contributed by atoms with Crippen LogP contribution in [0.5, 0.6) is 0 Å². The lowest BCUT2D eigenvalue weighted by molar-refractivity contribution is -0.115. The van der Waals surface area contributed by atoms with Crippen molar-refractivity contribution >= 4 is 23.4 Å². The third-order valence-electron chi connectivity index (χ3n) is 4.32. The van der Waals surface area contributed by atoms with Gasteiger partial charge in [-0.3, -0.25) is 9.59 Å². The van der Waals surface area contributed by atoms with Crippen LogP contribution in [0.3, 0.4) is 0 Å². The molecule has 7 heteroatoms. The van der Waals surface area contributed by atoms with Crippen molar-refractivity contribution in [2.75, 3.05) is 5.32 Å². The standard InChI is InChI=1S/C20H24N4O2S/c1-5-13-9-8-10-14(6-2)17(13)23-18(25)12(4)27-20-22-16(7-3)15(11-21)19(26)24-20/h8-10,12H,5-7H2,1-4H3,(H,23,25)(H,22,24,26)/t12-/m0/s1. The highest BCUT2D eigenvalue weighted by Crippen LogP contribution is 2.25. The molecule has 2 aromatic rings. The maximum absolute atomic E-state index is 12.7. The van der Waals surface area contributed by atoms with Gasteiger partial charge in [0.05, 0.1) is 10.9 Å². The number of aromatic nitrogens is 2. The quantitative estimate of drug-likeness (QED) is 0.563. The zero-order chi connectivity index (χ0) is 20.0. The molecule has 0 radical (unpaired) electrons. The summed E-state index contributed by atoms with van der Waals surface area (Å²) < 4.78 is 0. The predicted octanol–water partition coefficient (Wildman–Crippen LogP) is 3.45. The summed E-state index contributed by atoms with van der Waals surface area (Å²) in [6, 6.07) is 7.91. The zero-order valence-electron chi connectivity index (χ0n) is 16.0. The number of thioether (sulfide) groups is 1. The van der Waals surface area contributed by atoms with E-state index in [0.717, 1.165) is 29.7 Å². The number of nitrogens with zero attached hydrogens (tertiary/aromatic N) is 2. The molecule has 0 saturated carbocycles. The molecular formula is C20H24N4O2S. The first-order chi connectivity index (χ1) is 12.9. The van der Waals surface area contributed by atoms with Crippen molar-refractivity contribution in [3.8, 4) is 6.07 Å². The lowest BCUT2D eigenvalue weighted by Crippen LogP contribution is -2.25. The number of hydrogen-bond acceptors (Lipinski definition) is 5. The van der Waals surface area contributed by atoms with E-state index in [1.54, 1.807) is 6.92 Å². The number of H-pyrrole nitrogens is 1. The first kappa shape index (κ1) is 20.7. The number of carbonyl (C=O) groups is 1. The number of carbonyl (C=O) groups excluding carboxylic acids is 1. The topological polar surface area (TPSA) is 98.6 Å². The van der Waals surface area contributed by atoms with Crippen LogP contribution in [0.1, 0.15) is 50.1 Å². The lowest BCUT2D eigenvalue weighted by atomic mass is 10.0. The van der Waals surface area contributed by atoms with E-state index in [-0.39, 0.29) is 11.5 Å². The van der Waals surface area contributed by atoms with Gasteiger partial charge in [-0.15, -0.1) is 0 Å². The second kappa shape index (κ2) is 9.38. The predicted molar refractivity (Wildman–Crippen MR) is 108 cm³/mol. The molecule has 0 bridgehead atoms. The average molecular weight is 385 g/mol. The van der Waals surface area contributed by atoms with Crippen LogP contribution in [0.15, 0.2) is 28.2 Å². The van der Waals surface area contributed by atoms with Crippen molar-refractivity contribution < 1.29 is 4.79 Å². The second-order valence-corrected chi connectivity index (χ2v) is 7.40. The second-order valence-electron chi connectivity index (χ2n) is 6.07. The van der Waals surface area contributed by atoms with Crippen molar-refractivity contribution in [3.05, 3.63) is 50.9 Å². The number of benzene rings is 1. The van der Waals surface area contributed by atoms with Crippen LogP contribution in [0.4, 0.5) is 5.69 Å². The van der Waals surface area contributed by atoms with E-state index in [4.69, 9.17) is 5.26 Å². The largest absolute Gasteiger partial charge is 0.325 e. The van der Waals surface area contributed by atoms with Crippen molar-refractivity contribution in [1.29, 1.82) is 5.26 Å². The summed E-state index contributed by atoms with van der Waals surface area (Å²) in [4.78, 5) is 31.7. The van der Waals surface area contributed by atoms with E-state index in [0.29, 0.717) is 17.3 Å². The average Bonchev–Trinajstić information content (AvgIpc) is 2.67. The van der Waals surface area contributed by atoms with Gasteiger partial charge in [0.1, 0.15) is 11.6 Å². The van der Waals surface area contributed by atoms with Gasteiger partial charge in [-0.05, 0) is 37.3 Å². The summed E-state index contributed by atoms with van der Waals surface area (Å²) in [7, 11) is 0. The summed E-state index contributed by atoms with van der Waals surface area (Å²) in [6.07, 6.45) is 2.13. The Morgan fingerprint density at radius 3 is 2.41 bits per heavy atom. The van der Waals surface area contributed by atoms with Crippen LogP contribution >= 0.6 is 11.8 Å². The minimum atomic E-state index is -0.468. The smallest absolute Gasteiger partial charge is 0.269 e. The van der Waals surface area contributed by atoms with Gasteiger partial charge in [0.25, 0.3) is 5.56 Å². The highest BCUT2D eigenvalue weighted by molar-refractivity contribution is 8.00. The summed E-state index contributed by atoms with van der Waals surface area (Å²) in [5.41, 5.74) is 3.07. The molecule has 0 spiro atoms. The number of anilines is 1. The maximum atomic E-state index is 12.7. The monoisotopic (exact) mass is 384 g/mol. The van der Waals surface area contributed by atoms with E-state index in [1.807, 2.05) is 31.2 Å². The normalized spacial score (nSPS) is 11.7. The fourth-order valence-corrected chi connectivity index (χ4v) is 3.59. The molecule has 1 aromatic heterocycles. The number of rotatable bonds is 7. The van der Waals surface area contributed by atoms with Gasteiger partial charge in [0.2, 0.25) is 5.91 Å². The Labute approximate surface area is 163 Å². The molecule has 142 valence electrons. The molecule has 1 atom stereocenters. The van der Waals surface area contributed by atoms with Gasteiger partial charge >= 0.3 is 0 Å². The Hall–Kier alpha value is -2.59. The van der Waals surface area contributed by atoms with Gasteiger partial charge in [-0.25, -0.2) is 4.98 Å². The highest BCUT2D eigenvalue weighted by atomic mass is 32.2.